The van der Waals surface area contributed by atoms with E-state index in [1.165, 1.54) is 0 Å². The van der Waals surface area contributed by atoms with E-state index in [-0.39, 0.29) is 18.1 Å². The van der Waals surface area contributed by atoms with Gasteiger partial charge in [0.25, 0.3) is 0 Å². The molecule has 0 amide bonds. The number of halogens is 1. The summed E-state index contributed by atoms with van der Waals surface area (Å²) >= 11 is 6.09. The minimum absolute atomic E-state index is 0.137. The zero-order valence-electron chi connectivity index (χ0n) is 9.95. The SMILES string of the molecule is COc1ccc(C(N)C2(CO)CCC2)cc1Cl. The lowest BCUT2D eigenvalue weighted by atomic mass is 9.63. The van der Waals surface area contributed by atoms with Crippen LogP contribution in [0.25, 0.3) is 0 Å². The van der Waals surface area contributed by atoms with Crippen LogP contribution in [0, 0.1) is 5.41 Å². The number of hydrogen-bond acceptors (Lipinski definition) is 3. The molecule has 0 spiro atoms. The van der Waals surface area contributed by atoms with E-state index in [0.29, 0.717) is 10.8 Å². The van der Waals surface area contributed by atoms with Crippen LogP contribution >= 0.6 is 11.6 Å². The molecule has 0 aromatic heterocycles. The van der Waals surface area contributed by atoms with Crippen LogP contribution in [0.1, 0.15) is 30.9 Å². The number of aliphatic hydroxyl groups is 1. The first kappa shape index (κ1) is 12.7. The maximum atomic E-state index is 9.50. The Bertz CT molecular complexity index is 399. The molecule has 1 aromatic rings. The Morgan fingerprint density at radius 1 is 1.53 bits per heavy atom. The third-order valence-corrected chi connectivity index (χ3v) is 4.15. The van der Waals surface area contributed by atoms with Gasteiger partial charge in [-0.3, -0.25) is 0 Å². The van der Waals surface area contributed by atoms with Gasteiger partial charge in [-0.1, -0.05) is 24.1 Å². The standard InChI is InChI=1S/C13H18ClNO2/c1-17-11-4-3-9(7-10(11)14)12(15)13(8-16)5-2-6-13/h3-4,7,12,16H,2,5-6,8,15H2,1H3. The molecule has 17 heavy (non-hydrogen) atoms. The number of benzene rings is 1. The zero-order chi connectivity index (χ0) is 12.5. The van der Waals surface area contributed by atoms with Crippen molar-refractivity contribution in [2.24, 2.45) is 11.1 Å². The Kier molecular flexibility index (Phi) is 3.61. The maximum Gasteiger partial charge on any atom is 0.137 e. The van der Waals surface area contributed by atoms with E-state index in [1.54, 1.807) is 7.11 Å². The topological polar surface area (TPSA) is 55.5 Å². The Morgan fingerprint density at radius 2 is 2.24 bits per heavy atom. The fraction of sp³-hybridized carbons (Fsp3) is 0.538. The Balaban J connectivity index is 2.25. The number of ether oxygens (including phenoxy) is 1. The average molecular weight is 256 g/mol. The number of hydrogen-bond donors (Lipinski definition) is 2. The number of rotatable bonds is 4. The second kappa shape index (κ2) is 4.84. The van der Waals surface area contributed by atoms with Crippen molar-refractivity contribution in [2.75, 3.05) is 13.7 Å². The Hall–Kier alpha value is -0.770. The molecule has 0 radical (unpaired) electrons. The monoisotopic (exact) mass is 255 g/mol. The quantitative estimate of drug-likeness (QED) is 0.869. The first-order chi connectivity index (χ1) is 8.13. The summed E-state index contributed by atoms with van der Waals surface area (Å²) in [6, 6.07) is 5.41. The van der Waals surface area contributed by atoms with Crippen LogP contribution in [0.5, 0.6) is 5.75 Å². The number of aliphatic hydroxyl groups excluding tert-OH is 1. The lowest BCUT2D eigenvalue weighted by Crippen LogP contribution is -2.43. The molecule has 0 aliphatic heterocycles. The molecular formula is C13H18ClNO2. The van der Waals surface area contributed by atoms with Crippen LogP contribution in [0.2, 0.25) is 5.02 Å². The minimum atomic E-state index is -0.162. The lowest BCUT2D eigenvalue weighted by Gasteiger charge is -2.45. The van der Waals surface area contributed by atoms with Crippen LogP contribution < -0.4 is 10.5 Å². The predicted octanol–water partition coefficient (Wildman–Crippen LogP) is 2.51. The van der Waals surface area contributed by atoms with Crippen molar-refractivity contribution in [1.82, 2.24) is 0 Å². The summed E-state index contributed by atoms with van der Waals surface area (Å²) < 4.78 is 5.11. The van der Waals surface area contributed by atoms with Gasteiger partial charge >= 0.3 is 0 Å². The molecule has 1 aliphatic carbocycles. The van der Waals surface area contributed by atoms with Gasteiger partial charge in [0.05, 0.1) is 18.7 Å². The molecule has 0 bridgehead atoms. The van der Waals surface area contributed by atoms with Crippen molar-refractivity contribution >= 4 is 11.6 Å². The number of nitrogens with two attached hydrogens (primary N) is 1. The summed E-state index contributed by atoms with van der Waals surface area (Å²) in [5.41, 5.74) is 7.05. The second-order valence-electron chi connectivity index (χ2n) is 4.75. The molecule has 0 heterocycles. The van der Waals surface area contributed by atoms with Gasteiger partial charge in [0.1, 0.15) is 5.75 Å². The molecule has 4 heteroatoms. The third-order valence-electron chi connectivity index (χ3n) is 3.86. The average Bonchev–Trinajstić information content (AvgIpc) is 2.28. The van der Waals surface area contributed by atoms with Gasteiger partial charge in [-0.05, 0) is 30.5 Å². The Morgan fingerprint density at radius 3 is 2.65 bits per heavy atom. The molecule has 3 N–H and O–H groups in total. The van der Waals surface area contributed by atoms with Crippen molar-refractivity contribution in [3.63, 3.8) is 0 Å². The fourth-order valence-corrected chi connectivity index (χ4v) is 2.69. The van der Waals surface area contributed by atoms with E-state index in [2.05, 4.69) is 0 Å². The second-order valence-corrected chi connectivity index (χ2v) is 5.15. The highest BCUT2D eigenvalue weighted by molar-refractivity contribution is 6.32. The Labute approximate surface area is 107 Å². The summed E-state index contributed by atoms with van der Waals surface area (Å²) in [6.45, 7) is 0.137. The van der Waals surface area contributed by atoms with Crippen LogP contribution in [0.15, 0.2) is 18.2 Å². The van der Waals surface area contributed by atoms with Crippen molar-refractivity contribution in [1.29, 1.82) is 0 Å². The largest absolute Gasteiger partial charge is 0.495 e. The summed E-state index contributed by atoms with van der Waals surface area (Å²) in [4.78, 5) is 0. The highest BCUT2D eigenvalue weighted by atomic mass is 35.5. The van der Waals surface area contributed by atoms with E-state index in [4.69, 9.17) is 22.1 Å². The maximum absolute atomic E-state index is 9.50. The normalized spacial score (nSPS) is 19.5. The molecule has 1 atom stereocenters. The van der Waals surface area contributed by atoms with Crippen molar-refractivity contribution in [3.05, 3.63) is 28.8 Å². The van der Waals surface area contributed by atoms with Gasteiger partial charge in [-0.15, -0.1) is 0 Å². The van der Waals surface area contributed by atoms with Gasteiger partial charge in [0.2, 0.25) is 0 Å². The van der Waals surface area contributed by atoms with E-state index >= 15 is 0 Å². The fourth-order valence-electron chi connectivity index (χ4n) is 2.43. The van der Waals surface area contributed by atoms with Crippen molar-refractivity contribution < 1.29 is 9.84 Å². The van der Waals surface area contributed by atoms with Gasteiger partial charge in [-0.25, -0.2) is 0 Å². The first-order valence-electron chi connectivity index (χ1n) is 5.83. The van der Waals surface area contributed by atoms with Gasteiger partial charge in [0, 0.05) is 11.5 Å². The zero-order valence-corrected chi connectivity index (χ0v) is 10.7. The molecule has 1 unspecified atom stereocenters. The molecule has 0 saturated heterocycles. The molecular weight excluding hydrogens is 238 g/mol. The molecule has 1 saturated carbocycles. The number of methoxy groups -OCH3 is 1. The summed E-state index contributed by atoms with van der Waals surface area (Å²) in [5, 5.41) is 10.1. The highest BCUT2D eigenvalue weighted by Gasteiger charge is 2.42. The van der Waals surface area contributed by atoms with E-state index < -0.39 is 0 Å². The molecule has 1 aromatic carbocycles. The van der Waals surface area contributed by atoms with Crippen molar-refractivity contribution in [2.45, 2.75) is 25.3 Å². The minimum Gasteiger partial charge on any atom is -0.495 e. The van der Waals surface area contributed by atoms with Crippen molar-refractivity contribution in [3.8, 4) is 5.75 Å². The van der Waals surface area contributed by atoms with E-state index in [9.17, 15) is 5.11 Å². The summed E-state index contributed by atoms with van der Waals surface area (Å²) in [6.07, 6.45) is 3.10. The predicted molar refractivity (Wildman–Crippen MR) is 68.3 cm³/mol. The molecule has 1 fully saturated rings. The molecule has 2 rings (SSSR count). The van der Waals surface area contributed by atoms with Crippen LogP contribution in [0.3, 0.4) is 0 Å². The van der Waals surface area contributed by atoms with E-state index in [0.717, 1.165) is 24.8 Å². The summed E-state index contributed by atoms with van der Waals surface area (Å²) in [7, 11) is 1.59. The molecule has 94 valence electrons. The van der Waals surface area contributed by atoms with E-state index in [1.807, 2.05) is 18.2 Å². The third kappa shape index (κ3) is 2.15. The van der Waals surface area contributed by atoms with Gasteiger partial charge in [0.15, 0.2) is 0 Å². The summed E-state index contributed by atoms with van der Waals surface area (Å²) in [5.74, 6) is 0.647. The molecule has 1 aliphatic rings. The smallest absolute Gasteiger partial charge is 0.137 e. The van der Waals surface area contributed by atoms with Gasteiger partial charge in [-0.2, -0.15) is 0 Å². The van der Waals surface area contributed by atoms with Crippen LogP contribution in [-0.2, 0) is 0 Å². The first-order valence-corrected chi connectivity index (χ1v) is 6.20. The molecule has 3 nitrogen and oxygen atoms in total. The lowest BCUT2D eigenvalue weighted by molar-refractivity contribution is 0.0184. The van der Waals surface area contributed by atoms with Gasteiger partial charge < -0.3 is 15.6 Å². The van der Waals surface area contributed by atoms with Crippen LogP contribution in [0.4, 0.5) is 0 Å². The van der Waals surface area contributed by atoms with Crippen LogP contribution in [-0.4, -0.2) is 18.8 Å². The highest BCUT2D eigenvalue weighted by Crippen LogP contribution is 2.49.